The van der Waals surface area contributed by atoms with E-state index >= 15 is 0 Å². The predicted octanol–water partition coefficient (Wildman–Crippen LogP) is 2.00. The average Bonchev–Trinajstić information content (AvgIpc) is 2.37. The summed E-state index contributed by atoms with van der Waals surface area (Å²) >= 11 is 1.99. The molecule has 1 nitrogen and oxygen atoms in total. The Labute approximate surface area is 73.8 Å². The Balaban J connectivity index is 2.10. The molecule has 64 valence electrons. The van der Waals surface area contributed by atoms with Gasteiger partial charge in [-0.15, -0.1) is 6.58 Å². The number of rotatable bonds is 4. The lowest BCUT2D eigenvalue weighted by Gasteiger charge is -2.18. The maximum Gasteiger partial charge on any atom is 0.0183 e. The van der Waals surface area contributed by atoms with Gasteiger partial charge in [0.05, 0.1) is 0 Å². The molecule has 0 aromatic rings. The second-order valence-electron chi connectivity index (χ2n) is 3.10. The Morgan fingerprint density at radius 3 is 3.09 bits per heavy atom. The first-order valence-electron chi connectivity index (χ1n) is 4.23. The molecule has 1 heterocycles. The summed E-state index contributed by atoms with van der Waals surface area (Å²) in [6.45, 7) is 5.00. The molecule has 0 spiro atoms. The van der Waals surface area contributed by atoms with Gasteiger partial charge in [-0.25, -0.2) is 0 Å². The number of nitrogens with zero attached hydrogens (tertiary/aromatic N) is 1. The molecule has 11 heavy (non-hydrogen) atoms. The molecule has 0 saturated carbocycles. The molecule has 1 saturated heterocycles. The zero-order valence-electron chi connectivity index (χ0n) is 7.25. The summed E-state index contributed by atoms with van der Waals surface area (Å²) in [6, 6.07) is 0.833. The molecule has 1 atom stereocenters. The predicted molar refractivity (Wildman–Crippen MR) is 53.2 cm³/mol. The number of hydrogen-bond donors (Lipinski definition) is 0. The summed E-state index contributed by atoms with van der Waals surface area (Å²) in [5.74, 6) is 2.38. The van der Waals surface area contributed by atoms with Crippen LogP contribution >= 0.6 is 11.8 Å². The standard InChI is InChI=1S/C9H17NS/c1-3-7-11-8-9-5-4-6-10(9)2/h3,9H,1,4-8H2,2H3/t9-/m0/s1. The van der Waals surface area contributed by atoms with E-state index in [0.717, 1.165) is 11.8 Å². The molecule has 0 aromatic heterocycles. The summed E-state index contributed by atoms with van der Waals surface area (Å²) in [5, 5.41) is 0. The molecule has 1 aliphatic rings. The SMILES string of the molecule is C=CCSC[C@@H]1CCCN1C. The van der Waals surface area contributed by atoms with Crippen molar-refractivity contribution >= 4 is 11.8 Å². The Bertz CT molecular complexity index is 125. The molecule has 1 fully saturated rings. The molecule has 0 unspecified atom stereocenters. The lowest BCUT2D eigenvalue weighted by Crippen LogP contribution is -2.26. The highest BCUT2D eigenvalue weighted by Gasteiger charge is 2.19. The van der Waals surface area contributed by atoms with Crippen LogP contribution in [-0.2, 0) is 0 Å². The highest BCUT2D eigenvalue weighted by Crippen LogP contribution is 2.18. The van der Waals surface area contributed by atoms with Crippen LogP contribution in [0.25, 0.3) is 0 Å². The third kappa shape index (κ3) is 2.88. The molecule has 2 heteroatoms. The third-order valence-corrected chi connectivity index (χ3v) is 3.31. The topological polar surface area (TPSA) is 3.24 Å². The Morgan fingerprint density at radius 1 is 1.73 bits per heavy atom. The van der Waals surface area contributed by atoms with Crippen LogP contribution in [0.2, 0.25) is 0 Å². The first-order chi connectivity index (χ1) is 5.34. The molecular formula is C9H17NS. The summed E-state index contributed by atoms with van der Waals surface area (Å²) in [4.78, 5) is 2.47. The lowest BCUT2D eigenvalue weighted by atomic mass is 10.2. The largest absolute Gasteiger partial charge is 0.303 e. The quantitative estimate of drug-likeness (QED) is 0.470. The molecular weight excluding hydrogens is 154 g/mol. The summed E-state index contributed by atoms with van der Waals surface area (Å²) in [6.07, 6.45) is 4.76. The Morgan fingerprint density at radius 2 is 2.55 bits per heavy atom. The van der Waals surface area contributed by atoms with Gasteiger partial charge in [-0.3, -0.25) is 0 Å². The van der Waals surface area contributed by atoms with Crippen LogP contribution in [0, 0.1) is 0 Å². The highest BCUT2D eigenvalue weighted by atomic mass is 32.2. The van der Waals surface area contributed by atoms with E-state index < -0.39 is 0 Å². The van der Waals surface area contributed by atoms with Crippen LogP contribution < -0.4 is 0 Å². The molecule has 0 amide bonds. The third-order valence-electron chi connectivity index (χ3n) is 2.22. The van der Waals surface area contributed by atoms with Gasteiger partial charge >= 0.3 is 0 Å². The fourth-order valence-corrected chi connectivity index (χ4v) is 2.47. The zero-order chi connectivity index (χ0) is 8.10. The summed E-state index contributed by atoms with van der Waals surface area (Å²) in [5.41, 5.74) is 0. The van der Waals surface area contributed by atoms with Crippen molar-refractivity contribution in [3.05, 3.63) is 12.7 Å². The zero-order valence-corrected chi connectivity index (χ0v) is 8.07. The van der Waals surface area contributed by atoms with Crippen molar-refractivity contribution in [1.82, 2.24) is 4.90 Å². The van der Waals surface area contributed by atoms with Crippen LogP contribution in [0.5, 0.6) is 0 Å². The fourth-order valence-electron chi connectivity index (χ4n) is 1.48. The second-order valence-corrected chi connectivity index (χ2v) is 4.18. The van der Waals surface area contributed by atoms with Crippen molar-refractivity contribution < 1.29 is 0 Å². The van der Waals surface area contributed by atoms with E-state index in [1.807, 2.05) is 17.8 Å². The summed E-state index contributed by atoms with van der Waals surface area (Å²) in [7, 11) is 2.23. The van der Waals surface area contributed by atoms with Gasteiger partial charge in [-0.2, -0.15) is 11.8 Å². The minimum Gasteiger partial charge on any atom is -0.303 e. The first kappa shape index (κ1) is 9.14. The number of likely N-dealkylation sites (tertiary alicyclic amines) is 1. The van der Waals surface area contributed by atoms with E-state index in [9.17, 15) is 0 Å². The van der Waals surface area contributed by atoms with E-state index in [0.29, 0.717) is 0 Å². The van der Waals surface area contributed by atoms with Crippen molar-refractivity contribution in [2.75, 3.05) is 25.1 Å². The molecule has 0 bridgehead atoms. The Hall–Kier alpha value is 0.0500. The van der Waals surface area contributed by atoms with Gasteiger partial charge in [-0.1, -0.05) is 6.08 Å². The van der Waals surface area contributed by atoms with Crippen molar-refractivity contribution in [1.29, 1.82) is 0 Å². The van der Waals surface area contributed by atoms with Crippen LogP contribution in [-0.4, -0.2) is 36.0 Å². The van der Waals surface area contributed by atoms with E-state index in [-0.39, 0.29) is 0 Å². The molecule has 0 aliphatic carbocycles. The van der Waals surface area contributed by atoms with Crippen LogP contribution in [0.3, 0.4) is 0 Å². The minimum absolute atomic E-state index is 0.833. The van der Waals surface area contributed by atoms with Crippen molar-refractivity contribution in [2.45, 2.75) is 18.9 Å². The van der Waals surface area contributed by atoms with Gasteiger partial charge < -0.3 is 4.90 Å². The average molecular weight is 171 g/mol. The maximum atomic E-state index is 3.71. The van der Waals surface area contributed by atoms with E-state index in [2.05, 4.69) is 18.5 Å². The maximum absolute atomic E-state index is 3.71. The van der Waals surface area contributed by atoms with Gasteiger partial charge in [-0.05, 0) is 26.4 Å². The van der Waals surface area contributed by atoms with Gasteiger partial charge in [0.1, 0.15) is 0 Å². The van der Waals surface area contributed by atoms with E-state index in [4.69, 9.17) is 0 Å². The molecule has 0 radical (unpaired) electrons. The molecule has 0 N–H and O–H groups in total. The van der Waals surface area contributed by atoms with E-state index in [1.165, 1.54) is 25.1 Å². The van der Waals surface area contributed by atoms with Gasteiger partial charge in [0.15, 0.2) is 0 Å². The van der Waals surface area contributed by atoms with Crippen molar-refractivity contribution in [3.63, 3.8) is 0 Å². The smallest absolute Gasteiger partial charge is 0.0183 e. The van der Waals surface area contributed by atoms with Gasteiger partial charge in [0, 0.05) is 17.5 Å². The second kappa shape index (κ2) is 4.83. The van der Waals surface area contributed by atoms with Crippen LogP contribution in [0.4, 0.5) is 0 Å². The molecule has 1 rings (SSSR count). The van der Waals surface area contributed by atoms with Crippen molar-refractivity contribution in [3.8, 4) is 0 Å². The molecule has 1 aliphatic heterocycles. The highest BCUT2D eigenvalue weighted by molar-refractivity contribution is 7.99. The molecule has 0 aromatic carbocycles. The normalized spacial score (nSPS) is 25.7. The van der Waals surface area contributed by atoms with Gasteiger partial charge in [0.2, 0.25) is 0 Å². The fraction of sp³-hybridized carbons (Fsp3) is 0.778. The number of hydrogen-bond acceptors (Lipinski definition) is 2. The van der Waals surface area contributed by atoms with Gasteiger partial charge in [0.25, 0.3) is 0 Å². The minimum atomic E-state index is 0.833. The monoisotopic (exact) mass is 171 g/mol. The van der Waals surface area contributed by atoms with E-state index in [1.54, 1.807) is 0 Å². The van der Waals surface area contributed by atoms with Crippen LogP contribution in [0.1, 0.15) is 12.8 Å². The lowest BCUT2D eigenvalue weighted by molar-refractivity contribution is 0.335. The van der Waals surface area contributed by atoms with Crippen molar-refractivity contribution in [2.24, 2.45) is 0 Å². The number of thioether (sulfide) groups is 1. The summed E-state index contributed by atoms with van der Waals surface area (Å²) < 4.78 is 0. The van der Waals surface area contributed by atoms with Crippen LogP contribution in [0.15, 0.2) is 12.7 Å². The Kier molecular flexibility index (Phi) is 4.02. The first-order valence-corrected chi connectivity index (χ1v) is 5.39.